The van der Waals surface area contributed by atoms with E-state index in [0.717, 1.165) is 25.1 Å². The molecule has 1 aromatic carbocycles. The number of rotatable bonds is 3. The van der Waals surface area contributed by atoms with Gasteiger partial charge in [-0.2, -0.15) is 0 Å². The molecular formula is C15H16N2OS. The minimum atomic E-state index is -0.299. The zero-order valence-electron chi connectivity index (χ0n) is 10.6. The number of hydrogen-bond donors (Lipinski definition) is 1. The molecule has 1 aliphatic heterocycles. The molecule has 0 saturated heterocycles. The van der Waals surface area contributed by atoms with E-state index in [0.29, 0.717) is 0 Å². The van der Waals surface area contributed by atoms with Gasteiger partial charge in [0.15, 0.2) is 0 Å². The van der Waals surface area contributed by atoms with E-state index < -0.39 is 0 Å². The highest BCUT2D eigenvalue weighted by molar-refractivity contribution is 7.09. The highest BCUT2D eigenvalue weighted by Gasteiger charge is 2.31. The lowest BCUT2D eigenvalue weighted by Crippen LogP contribution is -2.41. The first-order valence-corrected chi connectivity index (χ1v) is 7.27. The van der Waals surface area contributed by atoms with Crippen LogP contribution in [0.5, 0.6) is 0 Å². The van der Waals surface area contributed by atoms with Gasteiger partial charge < -0.3 is 5.73 Å². The molecule has 98 valence electrons. The Balaban J connectivity index is 1.92. The number of amides is 1. The smallest absolute Gasteiger partial charge is 0.239 e. The highest BCUT2D eigenvalue weighted by atomic mass is 32.1. The molecule has 2 heterocycles. The number of nitrogens with two attached hydrogens (primary N) is 1. The predicted octanol–water partition coefficient (Wildman–Crippen LogP) is 2.33. The van der Waals surface area contributed by atoms with E-state index in [4.69, 9.17) is 5.73 Å². The van der Waals surface area contributed by atoms with Crippen LogP contribution in [0.15, 0.2) is 41.8 Å². The number of thiophene rings is 1. The topological polar surface area (TPSA) is 46.3 Å². The minimum Gasteiger partial charge on any atom is -0.368 e. The normalized spacial score (nSPS) is 19.1. The van der Waals surface area contributed by atoms with Gasteiger partial charge in [0, 0.05) is 18.0 Å². The van der Waals surface area contributed by atoms with Crippen molar-refractivity contribution >= 4 is 17.2 Å². The second-order valence-electron chi connectivity index (χ2n) is 4.80. The minimum absolute atomic E-state index is 0.260. The van der Waals surface area contributed by atoms with E-state index in [1.54, 1.807) is 11.3 Å². The van der Waals surface area contributed by atoms with Crippen LogP contribution in [-0.2, 0) is 17.8 Å². The van der Waals surface area contributed by atoms with Gasteiger partial charge in [0.05, 0.1) is 0 Å². The molecule has 1 unspecified atom stereocenters. The fraction of sp³-hybridized carbons (Fsp3) is 0.267. The third-order valence-corrected chi connectivity index (χ3v) is 4.45. The second-order valence-corrected chi connectivity index (χ2v) is 5.84. The standard InChI is InChI=1S/C15H16N2OS/c16-15(18)14-13-6-2-1-4-11(13)7-8-17(14)10-12-5-3-9-19-12/h1-6,9,14H,7-8,10H2,(H2,16,18). The number of carbonyl (C=O) groups excluding carboxylic acids is 1. The summed E-state index contributed by atoms with van der Waals surface area (Å²) in [6.07, 6.45) is 0.978. The number of carbonyl (C=O) groups is 1. The fourth-order valence-electron chi connectivity index (χ4n) is 2.72. The summed E-state index contributed by atoms with van der Waals surface area (Å²) in [7, 11) is 0. The van der Waals surface area contributed by atoms with Crippen molar-refractivity contribution in [3.8, 4) is 0 Å². The Morgan fingerprint density at radius 1 is 1.32 bits per heavy atom. The average Bonchev–Trinajstić information content (AvgIpc) is 2.91. The van der Waals surface area contributed by atoms with Crippen LogP contribution in [0.2, 0.25) is 0 Å². The Hall–Kier alpha value is -1.65. The van der Waals surface area contributed by atoms with E-state index in [2.05, 4.69) is 22.4 Å². The van der Waals surface area contributed by atoms with Crippen molar-refractivity contribution in [3.05, 3.63) is 57.8 Å². The van der Waals surface area contributed by atoms with Crippen LogP contribution in [0, 0.1) is 0 Å². The Labute approximate surface area is 116 Å². The van der Waals surface area contributed by atoms with E-state index in [-0.39, 0.29) is 11.9 Å². The Kier molecular flexibility index (Phi) is 3.36. The van der Waals surface area contributed by atoms with Crippen LogP contribution in [0.25, 0.3) is 0 Å². The van der Waals surface area contributed by atoms with Crippen molar-refractivity contribution in [1.29, 1.82) is 0 Å². The van der Waals surface area contributed by atoms with Crippen molar-refractivity contribution in [3.63, 3.8) is 0 Å². The van der Waals surface area contributed by atoms with E-state index in [1.807, 2.05) is 24.3 Å². The summed E-state index contributed by atoms with van der Waals surface area (Å²) in [4.78, 5) is 15.3. The number of nitrogens with zero attached hydrogens (tertiary/aromatic N) is 1. The Morgan fingerprint density at radius 3 is 2.89 bits per heavy atom. The average molecular weight is 272 g/mol. The largest absolute Gasteiger partial charge is 0.368 e. The van der Waals surface area contributed by atoms with Gasteiger partial charge in [0.2, 0.25) is 5.91 Å². The van der Waals surface area contributed by atoms with Gasteiger partial charge in [-0.1, -0.05) is 30.3 Å². The first-order chi connectivity index (χ1) is 9.25. The second kappa shape index (κ2) is 5.15. The summed E-state index contributed by atoms with van der Waals surface area (Å²) in [5, 5.41) is 2.06. The maximum Gasteiger partial charge on any atom is 0.239 e. The number of primary amides is 1. The van der Waals surface area contributed by atoms with Gasteiger partial charge in [-0.25, -0.2) is 0 Å². The van der Waals surface area contributed by atoms with Crippen LogP contribution < -0.4 is 5.73 Å². The molecule has 4 heteroatoms. The molecule has 0 bridgehead atoms. The van der Waals surface area contributed by atoms with Crippen LogP contribution >= 0.6 is 11.3 Å². The zero-order valence-corrected chi connectivity index (χ0v) is 11.4. The van der Waals surface area contributed by atoms with Gasteiger partial charge in [0.25, 0.3) is 0 Å². The van der Waals surface area contributed by atoms with Crippen LogP contribution in [0.4, 0.5) is 0 Å². The van der Waals surface area contributed by atoms with Crippen molar-refractivity contribution in [1.82, 2.24) is 4.90 Å². The molecule has 3 rings (SSSR count). The Bertz CT molecular complexity index is 580. The first-order valence-electron chi connectivity index (χ1n) is 6.39. The zero-order chi connectivity index (χ0) is 13.2. The molecule has 0 saturated carbocycles. The monoisotopic (exact) mass is 272 g/mol. The number of fused-ring (bicyclic) bond motifs is 1. The van der Waals surface area contributed by atoms with Gasteiger partial charge in [-0.05, 0) is 29.0 Å². The summed E-state index contributed by atoms with van der Waals surface area (Å²) in [6.45, 7) is 1.67. The molecule has 0 radical (unpaired) electrons. The lowest BCUT2D eigenvalue weighted by atomic mass is 9.92. The molecule has 1 aliphatic rings. The fourth-order valence-corrected chi connectivity index (χ4v) is 3.45. The van der Waals surface area contributed by atoms with Crippen LogP contribution in [0.3, 0.4) is 0 Å². The molecule has 0 aliphatic carbocycles. The lowest BCUT2D eigenvalue weighted by Gasteiger charge is -2.35. The first kappa shape index (κ1) is 12.4. The van der Waals surface area contributed by atoms with E-state index in [9.17, 15) is 4.79 Å². The molecule has 2 N–H and O–H groups in total. The van der Waals surface area contributed by atoms with Gasteiger partial charge in [0.1, 0.15) is 6.04 Å². The molecule has 3 nitrogen and oxygen atoms in total. The maximum atomic E-state index is 11.8. The quantitative estimate of drug-likeness (QED) is 0.932. The Morgan fingerprint density at radius 2 is 2.16 bits per heavy atom. The molecule has 0 spiro atoms. The van der Waals surface area contributed by atoms with E-state index >= 15 is 0 Å². The molecule has 1 atom stereocenters. The summed E-state index contributed by atoms with van der Waals surface area (Å²) >= 11 is 1.72. The van der Waals surface area contributed by atoms with Crippen LogP contribution in [0.1, 0.15) is 22.0 Å². The lowest BCUT2D eigenvalue weighted by molar-refractivity contribution is -0.124. The van der Waals surface area contributed by atoms with Gasteiger partial charge in [-0.3, -0.25) is 9.69 Å². The SMILES string of the molecule is NC(=O)C1c2ccccc2CCN1Cc1cccs1. The third kappa shape index (κ3) is 2.41. The van der Waals surface area contributed by atoms with Gasteiger partial charge in [-0.15, -0.1) is 11.3 Å². The summed E-state index contributed by atoms with van der Waals surface area (Å²) in [5.41, 5.74) is 7.94. The molecule has 1 amide bonds. The summed E-state index contributed by atoms with van der Waals surface area (Å²) < 4.78 is 0. The molecule has 1 aromatic heterocycles. The van der Waals surface area contributed by atoms with Crippen molar-refractivity contribution in [2.75, 3.05) is 6.54 Å². The molecule has 2 aromatic rings. The van der Waals surface area contributed by atoms with Crippen molar-refractivity contribution < 1.29 is 4.79 Å². The maximum absolute atomic E-state index is 11.8. The summed E-state index contributed by atoms with van der Waals surface area (Å²) in [5.74, 6) is -0.260. The number of benzene rings is 1. The predicted molar refractivity (Wildman–Crippen MR) is 76.8 cm³/mol. The molecule has 19 heavy (non-hydrogen) atoms. The molecule has 0 fully saturated rings. The van der Waals surface area contributed by atoms with Gasteiger partial charge >= 0.3 is 0 Å². The number of hydrogen-bond acceptors (Lipinski definition) is 3. The molecular weight excluding hydrogens is 256 g/mol. The highest BCUT2D eigenvalue weighted by Crippen LogP contribution is 2.31. The van der Waals surface area contributed by atoms with Crippen molar-refractivity contribution in [2.24, 2.45) is 5.73 Å². The third-order valence-electron chi connectivity index (χ3n) is 3.59. The van der Waals surface area contributed by atoms with Crippen LogP contribution in [-0.4, -0.2) is 17.4 Å². The van der Waals surface area contributed by atoms with Crippen molar-refractivity contribution in [2.45, 2.75) is 19.0 Å². The summed E-state index contributed by atoms with van der Waals surface area (Å²) in [6, 6.07) is 11.9. The van der Waals surface area contributed by atoms with E-state index in [1.165, 1.54) is 10.4 Å².